The number of aliphatic carboxylic acids is 1. The first-order valence-electron chi connectivity index (χ1n) is 7.53. The Labute approximate surface area is 126 Å². The molecule has 6 heteroatoms. The van der Waals surface area contributed by atoms with Crippen LogP contribution < -0.4 is 0 Å². The molecule has 2 amide bonds. The Morgan fingerprint density at radius 3 is 2.10 bits per heavy atom. The molecule has 3 atom stereocenters. The zero-order chi connectivity index (χ0) is 16.2. The fourth-order valence-electron chi connectivity index (χ4n) is 2.91. The normalized spacial score (nSPS) is 24.7. The van der Waals surface area contributed by atoms with Crippen molar-refractivity contribution in [1.29, 1.82) is 0 Å². The van der Waals surface area contributed by atoms with Crippen LogP contribution in [0.2, 0.25) is 0 Å². The van der Waals surface area contributed by atoms with Crippen molar-refractivity contribution in [3.63, 3.8) is 0 Å². The van der Waals surface area contributed by atoms with Crippen LogP contribution in [-0.4, -0.2) is 59.9 Å². The number of carbonyl (C=O) groups is 3. The maximum absolute atomic E-state index is 12.6. The Hall–Kier alpha value is -1.59. The highest BCUT2D eigenvalue weighted by atomic mass is 16.4. The van der Waals surface area contributed by atoms with Gasteiger partial charge in [-0.2, -0.15) is 0 Å². The highest BCUT2D eigenvalue weighted by Crippen LogP contribution is 2.39. The fourth-order valence-corrected chi connectivity index (χ4v) is 2.91. The summed E-state index contributed by atoms with van der Waals surface area (Å²) in [4.78, 5) is 38.7. The van der Waals surface area contributed by atoms with Crippen molar-refractivity contribution < 1.29 is 19.5 Å². The number of amides is 2. The van der Waals surface area contributed by atoms with Gasteiger partial charge < -0.3 is 14.9 Å². The first kappa shape index (κ1) is 17.5. The number of rotatable bonds is 6. The van der Waals surface area contributed by atoms with Crippen LogP contribution >= 0.6 is 0 Å². The highest BCUT2D eigenvalue weighted by molar-refractivity contribution is 5.89. The van der Waals surface area contributed by atoms with E-state index in [-0.39, 0.29) is 24.3 Å². The van der Waals surface area contributed by atoms with Crippen LogP contribution in [0.5, 0.6) is 0 Å². The lowest BCUT2D eigenvalue weighted by Gasteiger charge is -2.26. The zero-order valence-electron chi connectivity index (χ0n) is 13.3. The van der Waals surface area contributed by atoms with E-state index in [2.05, 4.69) is 0 Å². The van der Waals surface area contributed by atoms with E-state index in [1.54, 1.807) is 14.1 Å². The van der Waals surface area contributed by atoms with Gasteiger partial charge in [0.15, 0.2) is 0 Å². The lowest BCUT2D eigenvalue weighted by atomic mass is 9.94. The molecule has 1 N–H and O–H groups in total. The second-order valence-electron chi connectivity index (χ2n) is 5.94. The second-order valence-corrected chi connectivity index (χ2v) is 5.94. The Bertz CT molecular complexity index is 408. The van der Waals surface area contributed by atoms with Crippen molar-refractivity contribution in [1.82, 2.24) is 9.80 Å². The van der Waals surface area contributed by atoms with Gasteiger partial charge in [0.25, 0.3) is 0 Å². The molecule has 0 aromatic carbocycles. The van der Waals surface area contributed by atoms with Crippen molar-refractivity contribution in [3.05, 3.63) is 0 Å². The predicted octanol–water partition coefficient (Wildman–Crippen LogP) is 1.06. The highest BCUT2D eigenvalue weighted by Gasteiger charge is 2.43. The van der Waals surface area contributed by atoms with Crippen LogP contribution in [0.3, 0.4) is 0 Å². The Kier molecular flexibility index (Phi) is 6.18. The van der Waals surface area contributed by atoms with Gasteiger partial charge in [0, 0.05) is 20.6 Å². The number of carboxylic acid groups (broad SMARTS) is 1. The smallest absolute Gasteiger partial charge is 0.307 e. The number of hydrogen-bond acceptors (Lipinski definition) is 3. The van der Waals surface area contributed by atoms with Crippen LogP contribution in [0.25, 0.3) is 0 Å². The minimum Gasteiger partial charge on any atom is -0.481 e. The van der Waals surface area contributed by atoms with Gasteiger partial charge in [-0.15, -0.1) is 0 Å². The quantitative estimate of drug-likeness (QED) is 0.795. The summed E-state index contributed by atoms with van der Waals surface area (Å²) in [6.07, 6.45) is 2.05. The number of likely N-dealkylation sites (N-methyl/N-ethyl adjacent to an activating group) is 2. The maximum atomic E-state index is 12.6. The summed E-state index contributed by atoms with van der Waals surface area (Å²) in [7, 11) is 3.28. The van der Waals surface area contributed by atoms with Gasteiger partial charge >= 0.3 is 5.97 Å². The summed E-state index contributed by atoms with van der Waals surface area (Å²) in [6, 6.07) is 0. The minimum absolute atomic E-state index is 0.0158. The van der Waals surface area contributed by atoms with E-state index in [1.165, 1.54) is 9.80 Å². The van der Waals surface area contributed by atoms with Crippen LogP contribution in [0.4, 0.5) is 0 Å². The van der Waals surface area contributed by atoms with Gasteiger partial charge in [0.05, 0.1) is 18.4 Å². The van der Waals surface area contributed by atoms with Gasteiger partial charge in [0.2, 0.25) is 11.8 Å². The summed E-state index contributed by atoms with van der Waals surface area (Å²) >= 11 is 0. The topological polar surface area (TPSA) is 77.9 Å². The molecule has 1 unspecified atom stereocenters. The molecule has 0 aromatic rings. The molecular formula is C15H26N2O4. The third-order valence-corrected chi connectivity index (χ3v) is 4.39. The minimum atomic E-state index is -0.903. The Balaban J connectivity index is 2.82. The molecule has 0 radical (unpaired) electrons. The summed E-state index contributed by atoms with van der Waals surface area (Å²) in [5.41, 5.74) is 0. The third kappa shape index (κ3) is 4.19. The molecule has 1 aliphatic carbocycles. The average molecular weight is 298 g/mol. The molecule has 1 aliphatic rings. The molecule has 0 spiro atoms. The van der Waals surface area contributed by atoms with E-state index in [1.807, 2.05) is 13.8 Å². The number of hydrogen-bond donors (Lipinski definition) is 1. The van der Waals surface area contributed by atoms with E-state index in [9.17, 15) is 19.5 Å². The molecule has 1 saturated carbocycles. The zero-order valence-corrected chi connectivity index (χ0v) is 13.3. The molecule has 0 saturated heterocycles. The van der Waals surface area contributed by atoms with Crippen molar-refractivity contribution in [2.24, 2.45) is 17.8 Å². The van der Waals surface area contributed by atoms with Gasteiger partial charge in [-0.25, -0.2) is 0 Å². The third-order valence-electron chi connectivity index (χ3n) is 4.39. The number of carboxylic acids is 1. The molecule has 0 bridgehead atoms. The Morgan fingerprint density at radius 2 is 1.67 bits per heavy atom. The summed E-state index contributed by atoms with van der Waals surface area (Å²) in [5.74, 6) is -2.09. The molecular weight excluding hydrogens is 272 g/mol. The lowest BCUT2D eigenvalue weighted by molar-refractivity contribution is -0.150. The Morgan fingerprint density at radius 1 is 1.10 bits per heavy atom. The van der Waals surface area contributed by atoms with E-state index < -0.39 is 17.8 Å². The summed E-state index contributed by atoms with van der Waals surface area (Å²) in [6.45, 7) is 4.26. The standard InChI is InChI=1S/C15H26N2O4/c1-5-10-7-11(12(8-10)15(20)21)14(19)17(6-2)9-13(18)16(3)4/h10-12H,5-9H2,1-4H3,(H,20,21)/t10?,11-,12+/m0/s1. The number of nitrogens with zero attached hydrogens (tertiary/aromatic N) is 2. The maximum Gasteiger partial charge on any atom is 0.307 e. The van der Waals surface area contributed by atoms with Crippen LogP contribution in [0, 0.1) is 17.8 Å². The van der Waals surface area contributed by atoms with Crippen LogP contribution in [0.15, 0.2) is 0 Å². The molecule has 6 nitrogen and oxygen atoms in total. The van der Waals surface area contributed by atoms with Crippen molar-refractivity contribution in [3.8, 4) is 0 Å². The predicted molar refractivity (Wildman–Crippen MR) is 78.6 cm³/mol. The SMILES string of the molecule is CCC1C[C@H](C(=O)N(CC)CC(=O)N(C)C)[C@H](C(=O)O)C1. The molecule has 1 rings (SSSR count). The van der Waals surface area contributed by atoms with Gasteiger partial charge in [-0.1, -0.05) is 13.3 Å². The molecule has 1 fully saturated rings. The van der Waals surface area contributed by atoms with Gasteiger partial charge in [-0.05, 0) is 25.7 Å². The fraction of sp³-hybridized carbons (Fsp3) is 0.800. The van der Waals surface area contributed by atoms with E-state index in [4.69, 9.17) is 0 Å². The summed E-state index contributed by atoms with van der Waals surface area (Å²) in [5, 5.41) is 9.32. The molecule has 21 heavy (non-hydrogen) atoms. The van der Waals surface area contributed by atoms with Crippen molar-refractivity contribution >= 4 is 17.8 Å². The van der Waals surface area contributed by atoms with Crippen LogP contribution in [-0.2, 0) is 14.4 Å². The monoisotopic (exact) mass is 298 g/mol. The average Bonchev–Trinajstić information content (AvgIpc) is 2.87. The van der Waals surface area contributed by atoms with E-state index >= 15 is 0 Å². The number of carbonyl (C=O) groups excluding carboxylic acids is 2. The largest absolute Gasteiger partial charge is 0.481 e. The van der Waals surface area contributed by atoms with Crippen molar-refractivity contribution in [2.45, 2.75) is 33.1 Å². The van der Waals surface area contributed by atoms with E-state index in [0.29, 0.717) is 19.4 Å². The molecule has 120 valence electrons. The summed E-state index contributed by atoms with van der Waals surface area (Å²) < 4.78 is 0. The first-order chi connectivity index (χ1) is 9.81. The van der Waals surface area contributed by atoms with E-state index in [0.717, 1.165) is 6.42 Å². The van der Waals surface area contributed by atoms with Gasteiger partial charge in [-0.3, -0.25) is 14.4 Å². The van der Waals surface area contributed by atoms with Gasteiger partial charge in [0.1, 0.15) is 0 Å². The molecule has 0 aromatic heterocycles. The molecule has 0 aliphatic heterocycles. The van der Waals surface area contributed by atoms with Crippen LogP contribution in [0.1, 0.15) is 33.1 Å². The second kappa shape index (κ2) is 7.43. The lowest BCUT2D eigenvalue weighted by Crippen LogP contribution is -2.44. The van der Waals surface area contributed by atoms with Crippen molar-refractivity contribution in [2.75, 3.05) is 27.2 Å². The molecule has 0 heterocycles. The first-order valence-corrected chi connectivity index (χ1v) is 7.53.